The molecule has 3 aromatic rings. The first-order valence-corrected chi connectivity index (χ1v) is 6.36. The maximum absolute atomic E-state index is 13.6. The maximum Gasteiger partial charge on any atom is 0.295 e. The minimum absolute atomic E-state index is 0.0602. The molecule has 20 heavy (non-hydrogen) atoms. The Morgan fingerprint density at radius 1 is 1.40 bits per heavy atom. The Morgan fingerprint density at radius 3 is 3.00 bits per heavy atom. The van der Waals surface area contributed by atoms with Crippen LogP contribution in [0.4, 0.5) is 10.1 Å². The second-order valence-electron chi connectivity index (χ2n) is 3.88. The summed E-state index contributed by atoms with van der Waals surface area (Å²) >= 11 is 3.14. The van der Waals surface area contributed by atoms with Crippen molar-refractivity contribution in [1.29, 1.82) is 0 Å². The summed E-state index contributed by atoms with van der Waals surface area (Å²) in [6.07, 6.45) is 3.16. The average Bonchev–Trinajstić information content (AvgIpc) is 2.86. The molecule has 0 aliphatic rings. The van der Waals surface area contributed by atoms with Crippen molar-refractivity contribution >= 4 is 33.3 Å². The van der Waals surface area contributed by atoms with Crippen molar-refractivity contribution in [1.82, 2.24) is 19.6 Å². The van der Waals surface area contributed by atoms with Gasteiger partial charge >= 0.3 is 0 Å². The van der Waals surface area contributed by atoms with Crippen LogP contribution in [0.25, 0.3) is 5.78 Å². The average molecular weight is 336 g/mol. The normalized spacial score (nSPS) is 10.7. The molecule has 100 valence electrons. The number of carbonyl (C=O) groups is 1. The van der Waals surface area contributed by atoms with Crippen molar-refractivity contribution in [2.24, 2.45) is 0 Å². The zero-order chi connectivity index (χ0) is 14.1. The second-order valence-corrected chi connectivity index (χ2v) is 4.79. The number of fused-ring (bicyclic) bond motifs is 1. The molecule has 2 heterocycles. The van der Waals surface area contributed by atoms with E-state index in [0.29, 0.717) is 10.3 Å². The van der Waals surface area contributed by atoms with Gasteiger partial charge in [0.15, 0.2) is 0 Å². The number of carbonyl (C=O) groups excluding carboxylic acids is 1. The van der Waals surface area contributed by atoms with Crippen LogP contribution in [-0.4, -0.2) is 25.5 Å². The van der Waals surface area contributed by atoms with Gasteiger partial charge in [0.25, 0.3) is 11.7 Å². The van der Waals surface area contributed by atoms with Gasteiger partial charge in [-0.25, -0.2) is 13.9 Å². The monoisotopic (exact) mass is 335 g/mol. The van der Waals surface area contributed by atoms with Crippen LogP contribution >= 0.6 is 15.9 Å². The zero-order valence-electron chi connectivity index (χ0n) is 9.92. The summed E-state index contributed by atoms with van der Waals surface area (Å²) in [4.78, 5) is 19.9. The molecular formula is C12H7BrFN5O. The number of aromatic nitrogens is 4. The number of rotatable bonds is 2. The van der Waals surface area contributed by atoms with Gasteiger partial charge in [0.2, 0.25) is 5.82 Å². The van der Waals surface area contributed by atoms with Gasteiger partial charge in [-0.05, 0) is 24.3 Å². The van der Waals surface area contributed by atoms with Crippen molar-refractivity contribution < 1.29 is 9.18 Å². The van der Waals surface area contributed by atoms with Crippen LogP contribution in [0.5, 0.6) is 0 Å². The topological polar surface area (TPSA) is 72.2 Å². The first-order chi connectivity index (χ1) is 9.63. The first-order valence-electron chi connectivity index (χ1n) is 5.57. The van der Waals surface area contributed by atoms with Crippen LogP contribution in [-0.2, 0) is 0 Å². The SMILES string of the molecule is O=C(Nc1ccc(Br)cc1F)c1nc2ncccn2n1. The number of halogens is 2. The number of hydrogen-bond donors (Lipinski definition) is 1. The Kier molecular flexibility index (Phi) is 3.15. The van der Waals surface area contributed by atoms with Crippen molar-refractivity contribution in [2.45, 2.75) is 0 Å². The lowest BCUT2D eigenvalue weighted by Crippen LogP contribution is -2.14. The van der Waals surface area contributed by atoms with Crippen LogP contribution < -0.4 is 5.32 Å². The molecule has 0 aliphatic heterocycles. The van der Waals surface area contributed by atoms with E-state index in [9.17, 15) is 9.18 Å². The molecule has 3 rings (SSSR count). The highest BCUT2D eigenvalue weighted by Crippen LogP contribution is 2.19. The molecule has 0 saturated carbocycles. The van der Waals surface area contributed by atoms with Crippen molar-refractivity contribution in [3.63, 3.8) is 0 Å². The molecule has 8 heteroatoms. The molecular weight excluding hydrogens is 329 g/mol. The number of anilines is 1. The van der Waals surface area contributed by atoms with Gasteiger partial charge < -0.3 is 5.32 Å². The highest BCUT2D eigenvalue weighted by molar-refractivity contribution is 9.10. The van der Waals surface area contributed by atoms with E-state index >= 15 is 0 Å². The Labute approximate surface area is 120 Å². The second kappa shape index (κ2) is 4.97. The molecule has 1 N–H and O–H groups in total. The minimum atomic E-state index is -0.600. The molecule has 0 aliphatic carbocycles. The predicted octanol–water partition coefficient (Wildman–Crippen LogP) is 2.28. The number of amides is 1. The molecule has 0 atom stereocenters. The Balaban J connectivity index is 1.89. The summed E-state index contributed by atoms with van der Waals surface area (Å²) < 4.78 is 15.6. The summed E-state index contributed by atoms with van der Waals surface area (Å²) in [6.45, 7) is 0. The summed E-state index contributed by atoms with van der Waals surface area (Å²) in [5.74, 6) is -0.925. The summed E-state index contributed by atoms with van der Waals surface area (Å²) in [6, 6.07) is 5.99. The standard InChI is InChI=1S/C12H7BrFN5O/c13-7-2-3-9(8(14)6-7)16-11(20)10-17-12-15-4-1-5-19(12)18-10/h1-6H,(H,16,20). The third-order valence-corrected chi connectivity index (χ3v) is 2.99. The number of nitrogens with one attached hydrogen (secondary N) is 1. The van der Waals surface area contributed by atoms with Gasteiger partial charge in [-0.15, -0.1) is 5.10 Å². The highest BCUT2D eigenvalue weighted by atomic mass is 79.9. The van der Waals surface area contributed by atoms with Crippen molar-refractivity contribution in [3.8, 4) is 0 Å². The number of hydrogen-bond acceptors (Lipinski definition) is 4. The number of benzene rings is 1. The van der Waals surface area contributed by atoms with E-state index in [1.807, 2.05) is 0 Å². The lowest BCUT2D eigenvalue weighted by Gasteiger charge is -2.03. The molecule has 0 unspecified atom stereocenters. The fourth-order valence-corrected chi connectivity index (χ4v) is 1.93. The van der Waals surface area contributed by atoms with Gasteiger partial charge in [0.1, 0.15) is 5.82 Å². The highest BCUT2D eigenvalue weighted by Gasteiger charge is 2.15. The molecule has 0 radical (unpaired) electrons. The van der Waals surface area contributed by atoms with E-state index in [4.69, 9.17) is 0 Å². The third kappa shape index (κ3) is 2.37. The molecule has 1 aromatic carbocycles. The molecule has 2 aromatic heterocycles. The van der Waals surface area contributed by atoms with E-state index in [-0.39, 0.29) is 11.5 Å². The molecule has 0 bridgehead atoms. The lowest BCUT2D eigenvalue weighted by atomic mass is 10.3. The van der Waals surface area contributed by atoms with Crippen LogP contribution in [0.3, 0.4) is 0 Å². The number of nitrogens with zero attached hydrogens (tertiary/aromatic N) is 4. The van der Waals surface area contributed by atoms with E-state index in [0.717, 1.165) is 0 Å². The van der Waals surface area contributed by atoms with E-state index < -0.39 is 11.7 Å². The zero-order valence-corrected chi connectivity index (χ0v) is 11.5. The predicted molar refractivity (Wildman–Crippen MR) is 72.8 cm³/mol. The Morgan fingerprint density at radius 2 is 2.25 bits per heavy atom. The minimum Gasteiger partial charge on any atom is -0.317 e. The van der Waals surface area contributed by atoms with E-state index in [1.54, 1.807) is 24.5 Å². The van der Waals surface area contributed by atoms with E-state index in [1.165, 1.54) is 16.6 Å². The Hall–Kier alpha value is -2.35. The molecule has 0 fully saturated rings. The van der Waals surface area contributed by atoms with Gasteiger partial charge in [-0.2, -0.15) is 4.98 Å². The first kappa shape index (κ1) is 12.7. The third-order valence-electron chi connectivity index (χ3n) is 2.50. The largest absolute Gasteiger partial charge is 0.317 e. The van der Waals surface area contributed by atoms with Crippen LogP contribution in [0, 0.1) is 5.82 Å². The van der Waals surface area contributed by atoms with Crippen LogP contribution in [0.2, 0.25) is 0 Å². The lowest BCUT2D eigenvalue weighted by molar-refractivity contribution is 0.101. The van der Waals surface area contributed by atoms with Gasteiger partial charge in [-0.3, -0.25) is 4.79 Å². The van der Waals surface area contributed by atoms with Crippen molar-refractivity contribution in [2.75, 3.05) is 5.32 Å². The fraction of sp³-hybridized carbons (Fsp3) is 0. The molecule has 1 amide bonds. The molecule has 6 nitrogen and oxygen atoms in total. The summed E-state index contributed by atoms with van der Waals surface area (Å²) in [5, 5.41) is 6.37. The Bertz CT molecular complexity index is 770. The maximum atomic E-state index is 13.6. The van der Waals surface area contributed by atoms with Gasteiger partial charge in [0, 0.05) is 16.9 Å². The smallest absolute Gasteiger partial charge is 0.295 e. The summed E-state index contributed by atoms with van der Waals surface area (Å²) in [7, 11) is 0. The summed E-state index contributed by atoms with van der Waals surface area (Å²) in [5.41, 5.74) is 0.0602. The fourth-order valence-electron chi connectivity index (χ4n) is 1.60. The van der Waals surface area contributed by atoms with Crippen molar-refractivity contribution in [3.05, 3.63) is 52.8 Å². The molecule has 0 spiro atoms. The molecule has 0 saturated heterocycles. The van der Waals surface area contributed by atoms with E-state index in [2.05, 4.69) is 36.3 Å². The van der Waals surface area contributed by atoms with Gasteiger partial charge in [-0.1, -0.05) is 15.9 Å². The van der Waals surface area contributed by atoms with Crippen LogP contribution in [0.1, 0.15) is 10.6 Å². The quantitative estimate of drug-likeness (QED) is 0.779. The van der Waals surface area contributed by atoms with Crippen LogP contribution in [0.15, 0.2) is 41.1 Å². The van der Waals surface area contributed by atoms with Gasteiger partial charge in [0.05, 0.1) is 5.69 Å².